The summed E-state index contributed by atoms with van der Waals surface area (Å²) in [5, 5.41) is 0. The summed E-state index contributed by atoms with van der Waals surface area (Å²) in [5.41, 5.74) is 10.7. The number of piperidine rings is 1. The Labute approximate surface area is 195 Å². The largest absolute Gasteiger partial charge is 0.369 e. The molecule has 1 unspecified atom stereocenters. The number of hydrogen-bond acceptors (Lipinski definition) is 3. The van der Waals surface area contributed by atoms with Crippen molar-refractivity contribution < 1.29 is 18.2 Å². The molecule has 2 N–H and O–H groups in total. The number of halogens is 1. The third-order valence-corrected chi connectivity index (χ3v) is 7.49. The van der Waals surface area contributed by atoms with Crippen LogP contribution < -0.4 is 5.73 Å². The van der Waals surface area contributed by atoms with Crippen LogP contribution in [0.3, 0.4) is 0 Å². The summed E-state index contributed by atoms with van der Waals surface area (Å²) in [7, 11) is -1.05. The highest BCUT2D eigenvalue weighted by Crippen LogP contribution is 2.44. The van der Waals surface area contributed by atoms with E-state index in [9.17, 15) is 18.2 Å². The van der Waals surface area contributed by atoms with E-state index >= 15 is 0 Å². The SMILES string of the molecule is CC1=C(CC(=O)N2CCC(C(N)=O)CC2)c2cc(F)ccc2C1=Cc1ccc(S(C)=O)cc1. The zero-order valence-electron chi connectivity index (χ0n) is 18.8. The maximum atomic E-state index is 14.1. The molecule has 2 aliphatic rings. The van der Waals surface area contributed by atoms with Crippen molar-refractivity contribution >= 4 is 39.8 Å². The molecule has 2 aromatic rings. The third-order valence-electron chi connectivity index (χ3n) is 6.55. The highest BCUT2D eigenvalue weighted by molar-refractivity contribution is 7.84. The minimum Gasteiger partial charge on any atom is -0.369 e. The van der Waals surface area contributed by atoms with Gasteiger partial charge in [-0.3, -0.25) is 13.8 Å². The third kappa shape index (κ3) is 4.83. The van der Waals surface area contributed by atoms with Crippen molar-refractivity contribution in [1.82, 2.24) is 4.90 Å². The Morgan fingerprint density at radius 1 is 1.12 bits per heavy atom. The van der Waals surface area contributed by atoms with Crippen LogP contribution in [0, 0.1) is 11.7 Å². The van der Waals surface area contributed by atoms with E-state index in [0.717, 1.165) is 38.3 Å². The second-order valence-electron chi connectivity index (χ2n) is 8.61. The zero-order valence-corrected chi connectivity index (χ0v) is 19.6. The number of carbonyl (C=O) groups is 2. The molecule has 2 aromatic carbocycles. The summed E-state index contributed by atoms with van der Waals surface area (Å²) in [6, 6.07) is 12.2. The van der Waals surface area contributed by atoms with Crippen LogP contribution in [0.1, 0.15) is 42.9 Å². The Hall–Kier alpha value is -3.06. The summed E-state index contributed by atoms with van der Waals surface area (Å²) in [5.74, 6) is -0.862. The maximum absolute atomic E-state index is 14.1. The van der Waals surface area contributed by atoms with Crippen LogP contribution in [0.25, 0.3) is 17.2 Å². The second-order valence-corrected chi connectivity index (χ2v) is 9.99. The Bertz CT molecular complexity index is 1190. The first-order valence-electron chi connectivity index (χ1n) is 11.0. The van der Waals surface area contributed by atoms with E-state index in [1.165, 1.54) is 12.1 Å². The molecule has 0 saturated carbocycles. The molecule has 1 aliphatic carbocycles. The molecule has 7 heteroatoms. The van der Waals surface area contributed by atoms with Gasteiger partial charge in [0.1, 0.15) is 5.82 Å². The molecule has 2 amide bonds. The van der Waals surface area contributed by atoms with Gasteiger partial charge < -0.3 is 10.6 Å². The molecular weight excluding hydrogens is 439 g/mol. The fourth-order valence-corrected chi connectivity index (χ4v) is 5.10. The van der Waals surface area contributed by atoms with E-state index < -0.39 is 10.8 Å². The molecule has 1 heterocycles. The van der Waals surface area contributed by atoms with E-state index in [2.05, 4.69) is 0 Å². The predicted octanol–water partition coefficient (Wildman–Crippen LogP) is 4.00. The van der Waals surface area contributed by atoms with Crippen LogP contribution in [0.15, 0.2) is 52.9 Å². The molecule has 1 fully saturated rings. The molecule has 0 aromatic heterocycles. The van der Waals surface area contributed by atoms with E-state index in [4.69, 9.17) is 5.73 Å². The van der Waals surface area contributed by atoms with Crippen molar-refractivity contribution in [3.63, 3.8) is 0 Å². The molecule has 0 radical (unpaired) electrons. The fourth-order valence-electron chi connectivity index (χ4n) is 4.58. The van der Waals surface area contributed by atoms with Gasteiger partial charge in [-0.15, -0.1) is 0 Å². The first-order chi connectivity index (χ1) is 15.7. The van der Waals surface area contributed by atoms with Gasteiger partial charge in [0, 0.05) is 41.0 Å². The molecule has 1 saturated heterocycles. The molecule has 0 spiro atoms. The molecule has 1 aliphatic heterocycles. The van der Waals surface area contributed by atoms with Crippen LogP contribution in [0.4, 0.5) is 4.39 Å². The van der Waals surface area contributed by atoms with Gasteiger partial charge in [-0.25, -0.2) is 4.39 Å². The summed E-state index contributed by atoms with van der Waals surface area (Å²) < 4.78 is 25.8. The molecule has 4 rings (SSSR count). The van der Waals surface area contributed by atoms with Crippen molar-refractivity contribution in [1.29, 1.82) is 0 Å². The lowest BCUT2D eigenvalue weighted by Gasteiger charge is -2.31. The van der Waals surface area contributed by atoms with Gasteiger partial charge in [0.25, 0.3) is 0 Å². The van der Waals surface area contributed by atoms with E-state index in [0.29, 0.717) is 25.9 Å². The predicted molar refractivity (Wildman–Crippen MR) is 129 cm³/mol. The second kappa shape index (κ2) is 9.43. The molecule has 0 bridgehead atoms. The number of amides is 2. The van der Waals surface area contributed by atoms with Gasteiger partial charge in [0.05, 0.1) is 6.42 Å². The molecule has 1 atom stereocenters. The Morgan fingerprint density at radius 3 is 2.39 bits per heavy atom. The van der Waals surface area contributed by atoms with E-state index in [-0.39, 0.29) is 30.0 Å². The average Bonchev–Trinajstić information content (AvgIpc) is 3.04. The number of rotatable bonds is 5. The van der Waals surface area contributed by atoms with Crippen molar-refractivity contribution in [2.75, 3.05) is 19.3 Å². The first kappa shape index (κ1) is 23.1. The van der Waals surface area contributed by atoms with Crippen LogP contribution in [0.2, 0.25) is 0 Å². The van der Waals surface area contributed by atoms with Gasteiger partial charge in [0.15, 0.2) is 0 Å². The van der Waals surface area contributed by atoms with Crippen LogP contribution in [-0.2, 0) is 20.4 Å². The number of nitrogens with zero attached hydrogens (tertiary/aromatic N) is 1. The van der Waals surface area contributed by atoms with Gasteiger partial charge in [0.2, 0.25) is 11.8 Å². The number of likely N-dealkylation sites (tertiary alicyclic amines) is 1. The normalized spacial score (nSPS) is 18.5. The van der Waals surface area contributed by atoms with Gasteiger partial charge in [-0.05, 0) is 83.5 Å². The van der Waals surface area contributed by atoms with Crippen LogP contribution in [-0.4, -0.2) is 40.3 Å². The zero-order chi connectivity index (χ0) is 23.7. The summed E-state index contributed by atoms with van der Waals surface area (Å²) >= 11 is 0. The van der Waals surface area contributed by atoms with Gasteiger partial charge >= 0.3 is 0 Å². The number of hydrogen-bond donors (Lipinski definition) is 1. The number of carbonyl (C=O) groups excluding carboxylic acids is 2. The number of allylic oxidation sites excluding steroid dienone is 2. The van der Waals surface area contributed by atoms with Gasteiger partial charge in [-0.2, -0.15) is 0 Å². The quantitative estimate of drug-likeness (QED) is 0.723. The summed E-state index contributed by atoms with van der Waals surface area (Å²) in [6.07, 6.45) is 4.99. The molecule has 172 valence electrons. The van der Waals surface area contributed by atoms with Crippen molar-refractivity contribution in [2.45, 2.75) is 31.1 Å². The van der Waals surface area contributed by atoms with Gasteiger partial charge in [-0.1, -0.05) is 18.2 Å². The Kier molecular flexibility index (Phi) is 6.61. The van der Waals surface area contributed by atoms with E-state index in [1.54, 1.807) is 17.2 Å². The lowest BCUT2D eigenvalue weighted by atomic mass is 9.95. The molecule has 5 nitrogen and oxygen atoms in total. The standard InChI is InChI=1S/C26H27FN2O3S/c1-16-22(13-17-3-6-20(7-4-17)33(2)32)21-8-5-19(27)14-24(21)23(16)15-25(30)29-11-9-18(10-12-29)26(28)31/h3-8,13-14,18H,9-12,15H2,1-2H3,(H2,28,31). The van der Waals surface area contributed by atoms with Crippen LogP contribution >= 0.6 is 0 Å². The fraction of sp³-hybridized carbons (Fsp3) is 0.308. The monoisotopic (exact) mass is 466 g/mol. The summed E-state index contributed by atoms with van der Waals surface area (Å²) in [4.78, 5) is 27.0. The van der Waals surface area contributed by atoms with Crippen molar-refractivity contribution in [3.05, 3.63) is 70.5 Å². The van der Waals surface area contributed by atoms with E-state index in [1.807, 2.05) is 37.3 Å². The van der Waals surface area contributed by atoms with Crippen molar-refractivity contribution in [3.8, 4) is 0 Å². The lowest BCUT2D eigenvalue weighted by molar-refractivity contribution is -0.133. The smallest absolute Gasteiger partial charge is 0.227 e. The molecule has 33 heavy (non-hydrogen) atoms. The summed E-state index contributed by atoms with van der Waals surface area (Å²) in [6.45, 7) is 2.96. The average molecular weight is 467 g/mol. The number of fused-ring (bicyclic) bond motifs is 1. The molecular formula is C26H27FN2O3S. The number of benzene rings is 2. The van der Waals surface area contributed by atoms with Crippen LogP contribution in [0.5, 0.6) is 0 Å². The minimum atomic E-state index is -1.05. The van der Waals surface area contributed by atoms with Crippen molar-refractivity contribution in [2.24, 2.45) is 11.7 Å². The maximum Gasteiger partial charge on any atom is 0.227 e. The Morgan fingerprint density at radius 2 is 1.79 bits per heavy atom. The minimum absolute atomic E-state index is 0.0292. The lowest BCUT2D eigenvalue weighted by Crippen LogP contribution is -2.41. The number of nitrogens with two attached hydrogens (primary N) is 1. The first-order valence-corrected chi connectivity index (χ1v) is 12.5. The highest BCUT2D eigenvalue weighted by atomic mass is 32.2. The highest BCUT2D eigenvalue weighted by Gasteiger charge is 2.30. The topological polar surface area (TPSA) is 80.5 Å². The Balaban J connectivity index is 1.62. The number of primary amides is 1.